The van der Waals surface area contributed by atoms with Crippen molar-refractivity contribution in [3.05, 3.63) is 50.8 Å². The Labute approximate surface area is 129 Å². The summed E-state index contributed by atoms with van der Waals surface area (Å²) in [5.41, 5.74) is 1.99. The maximum Gasteiger partial charge on any atom is 0.328 e. The van der Waals surface area contributed by atoms with Gasteiger partial charge in [-0.2, -0.15) is 0 Å². The summed E-state index contributed by atoms with van der Waals surface area (Å²) in [4.78, 5) is 16.8. The lowest BCUT2D eigenvalue weighted by Gasteiger charge is -2.17. The van der Waals surface area contributed by atoms with Gasteiger partial charge in [-0.3, -0.25) is 0 Å². The summed E-state index contributed by atoms with van der Waals surface area (Å²) >= 11 is 5.10. The molecule has 0 saturated heterocycles. The van der Waals surface area contributed by atoms with E-state index in [1.807, 2.05) is 24.1 Å². The molecule has 104 valence electrons. The van der Waals surface area contributed by atoms with Crippen LogP contribution in [0.5, 0.6) is 0 Å². The molecule has 2 rings (SSSR count). The molecule has 0 aliphatic rings. The molecule has 0 amide bonds. The number of aliphatic carboxylic acids is 1. The third-order valence-corrected chi connectivity index (χ3v) is 4.17. The number of carboxylic acids is 1. The van der Waals surface area contributed by atoms with Gasteiger partial charge in [0.15, 0.2) is 0 Å². The van der Waals surface area contributed by atoms with Gasteiger partial charge in [0.05, 0.1) is 3.79 Å². The third-order valence-electron chi connectivity index (χ3n) is 2.62. The number of hydrogen-bond donors (Lipinski definition) is 1. The molecule has 0 aromatic carbocycles. The van der Waals surface area contributed by atoms with Crippen LogP contribution in [0.2, 0.25) is 0 Å². The minimum Gasteiger partial charge on any atom is -0.478 e. The number of anilines is 1. The van der Waals surface area contributed by atoms with Crippen LogP contribution in [0.15, 0.2) is 39.6 Å². The lowest BCUT2D eigenvalue weighted by molar-refractivity contribution is -0.131. The van der Waals surface area contributed by atoms with E-state index in [4.69, 9.17) is 5.11 Å². The summed E-state index contributed by atoms with van der Waals surface area (Å²) in [6.07, 6.45) is 4.28. The minimum atomic E-state index is -0.964. The van der Waals surface area contributed by atoms with Crippen LogP contribution >= 0.6 is 27.3 Å². The van der Waals surface area contributed by atoms with Crippen LogP contribution in [0.4, 0.5) is 5.82 Å². The summed E-state index contributed by atoms with van der Waals surface area (Å²) in [5.74, 6) is -0.117. The van der Waals surface area contributed by atoms with E-state index in [0.29, 0.717) is 0 Å². The molecule has 0 radical (unpaired) electrons. The highest BCUT2D eigenvalue weighted by Gasteiger charge is 2.05. The zero-order chi connectivity index (χ0) is 14.5. The van der Waals surface area contributed by atoms with E-state index < -0.39 is 5.97 Å². The van der Waals surface area contributed by atoms with Crippen molar-refractivity contribution in [1.82, 2.24) is 4.98 Å². The van der Waals surface area contributed by atoms with Gasteiger partial charge in [-0.15, -0.1) is 11.3 Å². The van der Waals surface area contributed by atoms with E-state index in [9.17, 15) is 4.79 Å². The van der Waals surface area contributed by atoms with E-state index in [2.05, 4.69) is 32.4 Å². The molecule has 20 heavy (non-hydrogen) atoms. The van der Waals surface area contributed by atoms with Crippen LogP contribution in [0, 0.1) is 0 Å². The Kier molecular flexibility index (Phi) is 4.92. The number of hydrogen-bond acceptors (Lipinski definition) is 4. The van der Waals surface area contributed by atoms with Crippen molar-refractivity contribution in [2.24, 2.45) is 0 Å². The van der Waals surface area contributed by atoms with Crippen molar-refractivity contribution in [3.63, 3.8) is 0 Å². The molecule has 0 spiro atoms. The Hall–Kier alpha value is -1.66. The van der Waals surface area contributed by atoms with Crippen molar-refractivity contribution in [2.75, 3.05) is 11.9 Å². The van der Waals surface area contributed by atoms with Gasteiger partial charge in [-0.05, 0) is 56.7 Å². The molecule has 0 atom stereocenters. The molecule has 0 unspecified atom stereocenters. The van der Waals surface area contributed by atoms with Gasteiger partial charge in [-0.1, -0.05) is 0 Å². The fourth-order valence-electron chi connectivity index (χ4n) is 1.67. The van der Waals surface area contributed by atoms with Crippen LogP contribution in [-0.4, -0.2) is 23.1 Å². The van der Waals surface area contributed by atoms with Crippen molar-refractivity contribution in [1.29, 1.82) is 0 Å². The molecule has 2 aromatic heterocycles. The van der Waals surface area contributed by atoms with Gasteiger partial charge < -0.3 is 10.0 Å². The van der Waals surface area contributed by atoms with E-state index in [1.165, 1.54) is 11.6 Å². The first kappa shape index (κ1) is 14.7. The highest BCUT2D eigenvalue weighted by Crippen LogP contribution is 2.22. The number of halogens is 1. The summed E-state index contributed by atoms with van der Waals surface area (Å²) in [6, 6.07) is 5.82. The highest BCUT2D eigenvalue weighted by molar-refractivity contribution is 9.11. The number of carboxylic acid groups (broad SMARTS) is 1. The lowest BCUT2D eigenvalue weighted by Crippen LogP contribution is -2.17. The highest BCUT2D eigenvalue weighted by atomic mass is 79.9. The predicted molar refractivity (Wildman–Crippen MR) is 85.0 cm³/mol. The van der Waals surface area contributed by atoms with Crippen LogP contribution in [-0.2, 0) is 11.3 Å². The largest absolute Gasteiger partial charge is 0.478 e. The molecule has 0 saturated carbocycles. The molecule has 0 fully saturated rings. The van der Waals surface area contributed by atoms with Gasteiger partial charge in [0.1, 0.15) is 5.82 Å². The monoisotopic (exact) mass is 352 g/mol. The van der Waals surface area contributed by atoms with E-state index in [0.717, 1.165) is 27.8 Å². The number of thiophene rings is 1. The van der Waals surface area contributed by atoms with Crippen molar-refractivity contribution in [3.8, 4) is 0 Å². The number of nitrogens with zero attached hydrogens (tertiary/aromatic N) is 2. The summed E-state index contributed by atoms with van der Waals surface area (Å²) in [7, 11) is 1.97. The van der Waals surface area contributed by atoms with Crippen molar-refractivity contribution >= 4 is 45.1 Å². The van der Waals surface area contributed by atoms with Gasteiger partial charge >= 0.3 is 5.97 Å². The van der Waals surface area contributed by atoms with Crippen LogP contribution < -0.4 is 4.90 Å². The van der Waals surface area contributed by atoms with E-state index in [1.54, 1.807) is 17.5 Å². The first-order valence-corrected chi connectivity index (χ1v) is 7.53. The normalized spacial score (nSPS) is 10.9. The number of aromatic nitrogens is 1. The molecule has 4 nitrogen and oxygen atoms in total. The van der Waals surface area contributed by atoms with Crippen LogP contribution in [0.25, 0.3) is 6.08 Å². The molecule has 2 heterocycles. The molecular formula is C14H13BrN2O2S. The second-order valence-electron chi connectivity index (χ2n) is 4.24. The Balaban J connectivity index is 2.03. The molecule has 0 aliphatic carbocycles. The Morgan fingerprint density at radius 2 is 2.35 bits per heavy atom. The Morgan fingerprint density at radius 1 is 1.55 bits per heavy atom. The summed E-state index contributed by atoms with van der Waals surface area (Å²) < 4.78 is 1.11. The van der Waals surface area contributed by atoms with Gasteiger partial charge in [0.25, 0.3) is 0 Å². The molecule has 2 aromatic rings. The smallest absolute Gasteiger partial charge is 0.328 e. The van der Waals surface area contributed by atoms with Gasteiger partial charge in [-0.25, -0.2) is 9.78 Å². The Morgan fingerprint density at radius 3 is 2.90 bits per heavy atom. The maximum atomic E-state index is 10.4. The molecule has 0 bridgehead atoms. The van der Waals surface area contributed by atoms with Gasteiger partial charge in [0.2, 0.25) is 0 Å². The topological polar surface area (TPSA) is 53.4 Å². The lowest BCUT2D eigenvalue weighted by atomic mass is 10.2. The first-order chi connectivity index (χ1) is 9.54. The molecule has 6 heteroatoms. The second kappa shape index (κ2) is 6.67. The maximum absolute atomic E-state index is 10.4. The SMILES string of the molecule is CN(Cc1csc(Br)c1)c1ccc(/C=C/C(=O)O)cn1. The zero-order valence-corrected chi connectivity index (χ0v) is 13.2. The fourth-order valence-corrected chi connectivity index (χ4v) is 2.87. The minimum absolute atomic E-state index is 0.767. The molecule has 1 N–H and O–H groups in total. The standard InChI is InChI=1S/C14H13BrN2O2S/c1-17(8-11-6-12(15)20-9-11)13-4-2-10(7-16-13)3-5-14(18)19/h2-7,9H,8H2,1H3,(H,18,19)/b5-3+. The average molecular weight is 353 g/mol. The summed E-state index contributed by atoms with van der Waals surface area (Å²) in [5, 5.41) is 10.7. The van der Waals surface area contributed by atoms with Crippen molar-refractivity contribution in [2.45, 2.75) is 6.54 Å². The number of rotatable bonds is 5. The zero-order valence-electron chi connectivity index (χ0n) is 10.8. The number of carbonyl (C=O) groups is 1. The molecular weight excluding hydrogens is 340 g/mol. The number of pyridine rings is 1. The predicted octanol–water partition coefficient (Wildman–Crippen LogP) is 3.64. The van der Waals surface area contributed by atoms with Gasteiger partial charge in [0, 0.05) is 25.9 Å². The van der Waals surface area contributed by atoms with E-state index in [-0.39, 0.29) is 0 Å². The second-order valence-corrected chi connectivity index (χ2v) is 6.53. The summed E-state index contributed by atoms with van der Waals surface area (Å²) in [6.45, 7) is 0.777. The quantitative estimate of drug-likeness (QED) is 0.834. The Bertz CT molecular complexity index is 622. The third kappa shape index (κ3) is 4.18. The average Bonchev–Trinajstić information content (AvgIpc) is 2.82. The molecule has 0 aliphatic heterocycles. The van der Waals surface area contributed by atoms with Crippen LogP contribution in [0.1, 0.15) is 11.1 Å². The van der Waals surface area contributed by atoms with Crippen LogP contribution in [0.3, 0.4) is 0 Å². The fraction of sp³-hybridized carbons (Fsp3) is 0.143. The first-order valence-electron chi connectivity index (χ1n) is 5.86. The van der Waals surface area contributed by atoms with Crippen molar-refractivity contribution < 1.29 is 9.90 Å². The van der Waals surface area contributed by atoms with E-state index >= 15 is 0 Å².